The van der Waals surface area contributed by atoms with Crippen LogP contribution in [-0.4, -0.2) is 51.3 Å². The van der Waals surface area contributed by atoms with Gasteiger partial charge in [0, 0.05) is 18.0 Å². The third kappa shape index (κ3) is 4.99. The summed E-state index contributed by atoms with van der Waals surface area (Å²) >= 11 is 0. The number of hydrogen-bond donors (Lipinski definition) is 4. The molecule has 3 aromatic rings. The zero-order chi connectivity index (χ0) is 28.2. The molecule has 208 valence electrons. The van der Waals surface area contributed by atoms with Gasteiger partial charge in [-0.3, -0.25) is 9.10 Å². The summed E-state index contributed by atoms with van der Waals surface area (Å²) in [5, 5.41) is 27.1. The summed E-state index contributed by atoms with van der Waals surface area (Å²) < 4.78 is 51.8. The molecule has 9 nitrogen and oxygen atoms in total. The Kier molecular flexibility index (Phi) is 8.31. The van der Waals surface area contributed by atoms with Gasteiger partial charge in [0.15, 0.2) is 4.87 Å². The molecule has 0 radical (unpaired) electrons. The fourth-order valence-corrected chi connectivity index (χ4v) is 7.68. The van der Waals surface area contributed by atoms with Gasteiger partial charge < -0.3 is 25.6 Å². The second kappa shape index (κ2) is 11.5. The number of piperidine rings is 1. The van der Waals surface area contributed by atoms with Crippen LogP contribution >= 0.6 is 0 Å². The average Bonchev–Trinajstić information content (AvgIpc) is 2.93. The van der Waals surface area contributed by atoms with E-state index in [1.807, 2.05) is 0 Å². The number of anilines is 1. The smallest absolute Gasteiger partial charge is 0.264 e. The molecule has 0 saturated carbocycles. The minimum absolute atomic E-state index is 0.0102. The van der Waals surface area contributed by atoms with Crippen LogP contribution in [0.25, 0.3) is 0 Å². The van der Waals surface area contributed by atoms with Crippen LogP contribution in [0.2, 0.25) is 0 Å². The van der Waals surface area contributed by atoms with E-state index in [1.165, 1.54) is 55.6 Å². The maximum Gasteiger partial charge on any atom is 0.264 e. The SMILES string of the molecule is CCN(c1ccccc1O)S(=O)(=O)C(NC(=O)c1c(O)cccc1OC)(c1ccccc1F)C1CCNCC1. The Bertz CT molecular complexity index is 1440. The Hall–Kier alpha value is -3.83. The van der Waals surface area contributed by atoms with Gasteiger partial charge in [0.2, 0.25) is 0 Å². The number of nitrogens with zero attached hydrogens (tertiary/aromatic N) is 1. The van der Waals surface area contributed by atoms with Crippen molar-refractivity contribution in [3.05, 3.63) is 83.7 Å². The first-order valence-corrected chi connectivity index (χ1v) is 14.1. The third-order valence-corrected chi connectivity index (χ3v) is 9.58. The van der Waals surface area contributed by atoms with Crippen LogP contribution in [0.4, 0.5) is 10.1 Å². The third-order valence-electron chi connectivity index (χ3n) is 7.07. The molecular weight excluding hydrogens is 525 g/mol. The van der Waals surface area contributed by atoms with Crippen LogP contribution < -0.4 is 19.7 Å². The zero-order valence-corrected chi connectivity index (χ0v) is 22.5. The van der Waals surface area contributed by atoms with E-state index in [4.69, 9.17) is 4.74 Å². The van der Waals surface area contributed by atoms with Crippen molar-refractivity contribution in [2.75, 3.05) is 31.0 Å². The molecule has 1 unspecified atom stereocenters. The highest BCUT2D eigenvalue weighted by atomic mass is 32.2. The van der Waals surface area contributed by atoms with Crippen LogP contribution in [0.5, 0.6) is 17.2 Å². The maximum absolute atomic E-state index is 15.7. The van der Waals surface area contributed by atoms with Crippen molar-refractivity contribution in [1.82, 2.24) is 10.6 Å². The molecule has 11 heteroatoms. The molecule has 1 heterocycles. The number of nitrogens with one attached hydrogen (secondary N) is 2. The van der Waals surface area contributed by atoms with Gasteiger partial charge in [0.05, 0.1) is 12.8 Å². The molecule has 1 aliphatic rings. The highest BCUT2D eigenvalue weighted by Crippen LogP contribution is 2.46. The Labute approximate surface area is 227 Å². The molecule has 1 aliphatic heterocycles. The lowest BCUT2D eigenvalue weighted by Crippen LogP contribution is -2.62. The Morgan fingerprint density at radius 2 is 1.69 bits per heavy atom. The molecule has 0 spiro atoms. The van der Waals surface area contributed by atoms with E-state index in [2.05, 4.69) is 10.6 Å². The highest BCUT2D eigenvalue weighted by Gasteiger charge is 2.57. The molecule has 4 rings (SSSR count). The van der Waals surface area contributed by atoms with E-state index in [-0.39, 0.29) is 34.9 Å². The Balaban J connectivity index is 2.03. The van der Waals surface area contributed by atoms with Gasteiger partial charge in [-0.15, -0.1) is 0 Å². The van der Waals surface area contributed by atoms with E-state index in [0.29, 0.717) is 25.9 Å². The van der Waals surface area contributed by atoms with Crippen molar-refractivity contribution in [3.8, 4) is 17.2 Å². The van der Waals surface area contributed by atoms with Crippen molar-refractivity contribution in [2.24, 2.45) is 5.92 Å². The lowest BCUT2D eigenvalue weighted by Gasteiger charge is -2.45. The monoisotopic (exact) mass is 557 g/mol. The molecule has 4 N–H and O–H groups in total. The summed E-state index contributed by atoms with van der Waals surface area (Å²) in [5.74, 6) is -3.25. The van der Waals surface area contributed by atoms with Gasteiger partial charge in [0.1, 0.15) is 28.6 Å². The van der Waals surface area contributed by atoms with Gasteiger partial charge >= 0.3 is 0 Å². The Morgan fingerprint density at radius 1 is 1.05 bits per heavy atom. The zero-order valence-electron chi connectivity index (χ0n) is 21.7. The fourth-order valence-electron chi connectivity index (χ4n) is 5.26. The van der Waals surface area contributed by atoms with E-state index in [0.717, 1.165) is 10.4 Å². The molecular formula is C28H32FN3O6S. The molecule has 1 saturated heterocycles. The first-order chi connectivity index (χ1) is 18.7. The number of carbonyl (C=O) groups excluding carboxylic acids is 1. The first-order valence-electron chi connectivity index (χ1n) is 12.6. The Morgan fingerprint density at radius 3 is 2.33 bits per heavy atom. The number of benzene rings is 3. The summed E-state index contributed by atoms with van der Waals surface area (Å²) in [6, 6.07) is 15.6. The minimum atomic E-state index is -4.71. The van der Waals surface area contributed by atoms with Crippen molar-refractivity contribution in [1.29, 1.82) is 0 Å². The molecule has 1 fully saturated rings. The number of ether oxygens (including phenoxy) is 1. The van der Waals surface area contributed by atoms with E-state index >= 15 is 4.39 Å². The number of aromatic hydroxyl groups is 2. The average molecular weight is 558 g/mol. The maximum atomic E-state index is 15.7. The van der Waals surface area contributed by atoms with E-state index in [1.54, 1.807) is 19.1 Å². The number of phenols is 2. The molecule has 39 heavy (non-hydrogen) atoms. The quantitative estimate of drug-likeness (QED) is 0.316. The number of methoxy groups -OCH3 is 1. The minimum Gasteiger partial charge on any atom is -0.507 e. The molecule has 0 aliphatic carbocycles. The summed E-state index contributed by atoms with van der Waals surface area (Å²) in [7, 11) is -3.39. The van der Waals surface area contributed by atoms with Crippen LogP contribution in [0.1, 0.15) is 35.7 Å². The predicted molar refractivity (Wildman–Crippen MR) is 146 cm³/mol. The van der Waals surface area contributed by atoms with Crippen molar-refractivity contribution in [3.63, 3.8) is 0 Å². The topological polar surface area (TPSA) is 128 Å². The number of phenolic OH excluding ortho intramolecular Hbond substituents is 2. The highest BCUT2D eigenvalue weighted by molar-refractivity contribution is 7.93. The number of sulfonamides is 1. The second-order valence-electron chi connectivity index (χ2n) is 9.21. The summed E-state index contributed by atoms with van der Waals surface area (Å²) in [5.41, 5.74) is -0.534. The van der Waals surface area contributed by atoms with Crippen molar-refractivity contribution in [2.45, 2.75) is 24.6 Å². The predicted octanol–water partition coefficient (Wildman–Crippen LogP) is 3.68. The summed E-state index contributed by atoms with van der Waals surface area (Å²) in [6.45, 7) is 2.35. The number of carbonyl (C=O) groups is 1. The lowest BCUT2D eigenvalue weighted by molar-refractivity contribution is 0.0882. The molecule has 3 aromatic carbocycles. The molecule has 0 aromatic heterocycles. The molecule has 0 bridgehead atoms. The normalized spacial score (nSPS) is 15.8. The van der Waals surface area contributed by atoms with Crippen LogP contribution in [0.15, 0.2) is 66.7 Å². The largest absolute Gasteiger partial charge is 0.507 e. The number of rotatable bonds is 9. The first kappa shape index (κ1) is 28.2. The van der Waals surface area contributed by atoms with Crippen LogP contribution in [0.3, 0.4) is 0 Å². The fraction of sp³-hybridized carbons (Fsp3) is 0.321. The summed E-state index contributed by atoms with van der Waals surface area (Å²) in [6.07, 6.45) is 0.591. The van der Waals surface area contributed by atoms with Gasteiger partial charge in [-0.1, -0.05) is 36.4 Å². The van der Waals surface area contributed by atoms with Gasteiger partial charge in [-0.2, -0.15) is 0 Å². The number of hydrogen-bond acceptors (Lipinski definition) is 7. The van der Waals surface area contributed by atoms with Crippen LogP contribution in [-0.2, 0) is 14.9 Å². The number of halogens is 1. The van der Waals surface area contributed by atoms with E-state index in [9.17, 15) is 23.4 Å². The summed E-state index contributed by atoms with van der Waals surface area (Å²) in [4.78, 5) is 11.6. The van der Waals surface area contributed by atoms with Gasteiger partial charge in [-0.25, -0.2) is 12.8 Å². The standard InChI is InChI=1S/C28H32FN3O6S/c1-3-32(22-11-6-7-12-23(22)33)39(36,37)28(19-15-17-30-18-16-19,20-9-4-5-10-21(20)29)31-27(35)26-24(34)13-8-14-25(26)38-2/h4-14,19,30,33-34H,3,15-18H2,1-2H3,(H,31,35). The lowest BCUT2D eigenvalue weighted by atomic mass is 9.84. The number of para-hydroxylation sites is 2. The molecule has 1 atom stereocenters. The molecule has 1 amide bonds. The van der Waals surface area contributed by atoms with Crippen molar-refractivity contribution >= 4 is 21.6 Å². The van der Waals surface area contributed by atoms with Crippen molar-refractivity contribution < 1.29 is 32.6 Å². The van der Waals surface area contributed by atoms with Crippen LogP contribution in [0, 0.1) is 11.7 Å². The number of amides is 1. The second-order valence-corrected chi connectivity index (χ2v) is 11.2. The van der Waals surface area contributed by atoms with E-state index < -0.39 is 38.3 Å². The van der Waals surface area contributed by atoms with Gasteiger partial charge in [0.25, 0.3) is 15.9 Å². The van der Waals surface area contributed by atoms with Gasteiger partial charge in [-0.05, 0) is 63.2 Å².